The van der Waals surface area contributed by atoms with Crippen LogP contribution in [0.3, 0.4) is 0 Å². The Bertz CT molecular complexity index is 1410. The number of carbonyl (C=O) groups excluding carboxylic acids is 1. The number of benzene rings is 2. The van der Waals surface area contributed by atoms with Crippen LogP contribution in [0, 0.1) is 6.92 Å². The summed E-state index contributed by atoms with van der Waals surface area (Å²) in [6, 6.07) is 12.9. The van der Waals surface area contributed by atoms with Gasteiger partial charge >= 0.3 is 12.1 Å². The summed E-state index contributed by atoms with van der Waals surface area (Å²) < 4.78 is 44.9. The highest BCUT2D eigenvalue weighted by Gasteiger charge is 2.38. The zero-order chi connectivity index (χ0) is 27.3. The van der Waals surface area contributed by atoms with E-state index in [2.05, 4.69) is 10.4 Å². The lowest BCUT2D eigenvalue weighted by Crippen LogP contribution is -2.21. The first-order valence-electron chi connectivity index (χ1n) is 10.7. The number of aryl methyl sites for hydroxylation is 2. The maximum Gasteiger partial charge on any atom is 0.490 e. The standard InChI is InChI=1S/C22H21ClN4O3.C2HF3O2/c1-13-15-5-3-4-6-19(15)30-21(13)22(28)26-14-7-8-18(29-10-9-24)16(11-14)20-17(23)12-25-27(20)2;3-2(4,5)1(6)7/h3-8,11-12H,9-10,24H2,1-2H3,(H,26,28);(H,6,7). The van der Waals surface area contributed by atoms with E-state index in [1.54, 1.807) is 36.1 Å². The van der Waals surface area contributed by atoms with Gasteiger partial charge in [0, 0.05) is 35.8 Å². The van der Waals surface area contributed by atoms with Crippen molar-refractivity contribution >= 4 is 40.1 Å². The number of rotatable bonds is 6. The van der Waals surface area contributed by atoms with Crippen LogP contribution in [0.5, 0.6) is 5.75 Å². The highest BCUT2D eigenvalue weighted by Crippen LogP contribution is 2.37. The lowest BCUT2D eigenvalue weighted by Gasteiger charge is -2.14. The number of aromatic nitrogens is 2. The molecule has 9 nitrogen and oxygen atoms in total. The third kappa shape index (κ3) is 6.40. The molecule has 0 saturated carbocycles. The topological polar surface area (TPSA) is 133 Å². The molecule has 0 aliphatic rings. The molecule has 13 heteroatoms. The first kappa shape index (κ1) is 27.6. The molecule has 4 N–H and O–H groups in total. The average molecular weight is 539 g/mol. The van der Waals surface area contributed by atoms with Gasteiger partial charge in [0.2, 0.25) is 0 Å². The van der Waals surface area contributed by atoms with Crippen molar-refractivity contribution in [1.29, 1.82) is 0 Å². The van der Waals surface area contributed by atoms with Gasteiger partial charge < -0.3 is 25.3 Å². The summed E-state index contributed by atoms with van der Waals surface area (Å²) >= 11 is 6.34. The van der Waals surface area contributed by atoms with Gasteiger partial charge in [-0.25, -0.2) is 4.79 Å². The Morgan fingerprint density at radius 1 is 1.24 bits per heavy atom. The van der Waals surface area contributed by atoms with Crippen molar-refractivity contribution in [2.24, 2.45) is 12.8 Å². The third-order valence-electron chi connectivity index (χ3n) is 5.05. The predicted octanol–water partition coefficient (Wildman–Crippen LogP) is 5.02. The second kappa shape index (κ2) is 11.4. The number of anilines is 1. The van der Waals surface area contributed by atoms with Crippen LogP contribution in [0.2, 0.25) is 5.02 Å². The summed E-state index contributed by atoms with van der Waals surface area (Å²) in [4.78, 5) is 21.8. The fraction of sp³-hybridized carbons (Fsp3) is 0.208. The van der Waals surface area contributed by atoms with Gasteiger partial charge in [-0.2, -0.15) is 18.3 Å². The van der Waals surface area contributed by atoms with E-state index in [1.165, 1.54) is 0 Å². The first-order chi connectivity index (χ1) is 17.4. The number of nitrogens with one attached hydrogen (secondary N) is 1. The molecule has 0 aliphatic heterocycles. The normalized spacial score (nSPS) is 11.1. The number of nitrogens with zero attached hydrogens (tertiary/aromatic N) is 2. The highest BCUT2D eigenvalue weighted by atomic mass is 35.5. The molecule has 2 aromatic heterocycles. The summed E-state index contributed by atoms with van der Waals surface area (Å²) in [5.74, 6) is -2.21. The molecule has 0 radical (unpaired) electrons. The Labute approximate surface area is 213 Å². The van der Waals surface area contributed by atoms with Crippen molar-refractivity contribution in [3.8, 4) is 17.0 Å². The Kier molecular flexibility index (Phi) is 8.46. The number of amides is 1. The number of alkyl halides is 3. The molecular formula is C24H22ClF3N4O5. The number of carbonyl (C=O) groups is 2. The number of hydrogen-bond acceptors (Lipinski definition) is 6. The van der Waals surface area contributed by atoms with Crippen LogP contribution in [0.15, 0.2) is 53.1 Å². The van der Waals surface area contributed by atoms with Gasteiger partial charge in [0.1, 0.15) is 17.9 Å². The van der Waals surface area contributed by atoms with E-state index in [1.807, 2.05) is 31.2 Å². The molecule has 4 aromatic rings. The van der Waals surface area contributed by atoms with Crippen LogP contribution in [-0.2, 0) is 11.8 Å². The van der Waals surface area contributed by atoms with E-state index in [-0.39, 0.29) is 11.7 Å². The molecule has 0 bridgehead atoms. The Morgan fingerprint density at radius 3 is 2.49 bits per heavy atom. The van der Waals surface area contributed by atoms with Crippen LogP contribution in [0.1, 0.15) is 16.1 Å². The fourth-order valence-corrected chi connectivity index (χ4v) is 3.65. The molecule has 1 amide bonds. The summed E-state index contributed by atoms with van der Waals surface area (Å²) in [7, 11) is 1.79. The van der Waals surface area contributed by atoms with Gasteiger partial charge in [-0.05, 0) is 31.2 Å². The smallest absolute Gasteiger partial charge is 0.490 e. The third-order valence-corrected chi connectivity index (χ3v) is 5.33. The molecule has 4 rings (SSSR count). The van der Waals surface area contributed by atoms with Crippen LogP contribution < -0.4 is 15.8 Å². The van der Waals surface area contributed by atoms with Gasteiger partial charge in [-0.3, -0.25) is 9.48 Å². The Balaban J connectivity index is 0.000000479. The zero-order valence-corrected chi connectivity index (χ0v) is 20.4. The van der Waals surface area contributed by atoms with Crippen molar-refractivity contribution in [2.75, 3.05) is 18.5 Å². The van der Waals surface area contributed by atoms with Crippen molar-refractivity contribution in [1.82, 2.24) is 9.78 Å². The SMILES string of the molecule is Cc1c(C(=O)Nc2ccc(OCCN)c(-c3c(Cl)cnn3C)c2)oc2ccccc12.O=C(O)C(F)(F)F. The van der Waals surface area contributed by atoms with Crippen LogP contribution in [0.25, 0.3) is 22.2 Å². The minimum absolute atomic E-state index is 0.278. The summed E-state index contributed by atoms with van der Waals surface area (Å²) in [6.07, 6.45) is -3.52. The molecule has 0 saturated heterocycles. The van der Waals surface area contributed by atoms with E-state index in [0.717, 1.165) is 10.9 Å². The fourth-order valence-electron chi connectivity index (χ4n) is 3.38. The van der Waals surface area contributed by atoms with Crippen LogP contribution in [0.4, 0.5) is 18.9 Å². The Morgan fingerprint density at radius 2 is 1.92 bits per heavy atom. The van der Waals surface area contributed by atoms with E-state index in [0.29, 0.717) is 46.5 Å². The molecule has 0 fully saturated rings. The highest BCUT2D eigenvalue weighted by molar-refractivity contribution is 6.33. The maximum absolute atomic E-state index is 12.9. The van der Waals surface area contributed by atoms with Crippen molar-refractivity contribution in [3.05, 3.63) is 65.0 Å². The van der Waals surface area contributed by atoms with Crippen molar-refractivity contribution in [2.45, 2.75) is 13.1 Å². The number of fused-ring (bicyclic) bond motifs is 1. The van der Waals surface area contributed by atoms with E-state index in [4.69, 9.17) is 36.4 Å². The predicted molar refractivity (Wildman–Crippen MR) is 131 cm³/mol. The number of ether oxygens (including phenoxy) is 1. The number of aliphatic carboxylic acids is 1. The number of carboxylic acids is 1. The van der Waals surface area contributed by atoms with Crippen LogP contribution >= 0.6 is 11.6 Å². The van der Waals surface area contributed by atoms with E-state index < -0.39 is 12.1 Å². The van der Waals surface area contributed by atoms with Crippen molar-refractivity contribution < 1.29 is 37.0 Å². The minimum atomic E-state index is -5.08. The lowest BCUT2D eigenvalue weighted by atomic mass is 10.1. The largest absolute Gasteiger partial charge is 0.492 e. The number of halogens is 4. The van der Waals surface area contributed by atoms with E-state index in [9.17, 15) is 18.0 Å². The number of hydrogen-bond donors (Lipinski definition) is 3. The second-order valence-corrected chi connectivity index (χ2v) is 8.03. The summed E-state index contributed by atoms with van der Waals surface area (Å²) in [5.41, 5.74) is 9.00. The van der Waals surface area contributed by atoms with Crippen LogP contribution in [-0.4, -0.2) is 46.1 Å². The van der Waals surface area contributed by atoms with Gasteiger partial charge in [0.15, 0.2) is 5.76 Å². The lowest BCUT2D eigenvalue weighted by molar-refractivity contribution is -0.192. The molecule has 0 aliphatic carbocycles. The molecule has 0 spiro atoms. The molecular weight excluding hydrogens is 517 g/mol. The first-order valence-corrected chi connectivity index (χ1v) is 11.1. The van der Waals surface area contributed by atoms with E-state index >= 15 is 0 Å². The number of carboxylic acid groups (broad SMARTS) is 1. The average Bonchev–Trinajstić information content (AvgIpc) is 3.36. The molecule has 37 heavy (non-hydrogen) atoms. The molecule has 2 heterocycles. The van der Waals surface area contributed by atoms with Gasteiger partial charge in [-0.15, -0.1) is 0 Å². The number of furan rings is 1. The quantitative estimate of drug-likeness (QED) is 0.314. The number of nitrogens with two attached hydrogens (primary N) is 1. The van der Waals surface area contributed by atoms with Gasteiger partial charge in [0.25, 0.3) is 5.91 Å². The molecule has 0 atom stereocenters. The van der Waals surface area contributed by atoms with Gasteiger partial charge in [0.05, 0.1) is 16.9 Å². The van der Waals surface area contributed by atoms with Crippen molar-refractivity contribution in [3.63, 3.8) is 0 Å². The monoisotopic (exact) mass is 538 g/mol. The summed E-state index contributed by atoms with van der Waals surface area (Å²) in [5, 5.41) is 15.6. The summed E-state index contributed by atoms with van der Waals surface area (Å²) in [6.45, 7) is 2.60. The maximum atomic E-state index is 12.9. The minimum Gasteiger partial charge on any atom is -0.492 e. The number of para-hydroxylation sites is 1. The molecule has 0 unspecified atom stereocenters. The Hall–Kier alpha value is -4.03. The zero-order valence-electron chi connectivity index (χ0n) is 19.6. The second-order valence-electron chi connectivity index (χ2n) is 7.62. The van der Waals surface area contributed by atoms with Gasteiger partial charge in [-0.1, -0.05) is 29.8 Å². The molecule has 2 aromatic carbocycles. The molecule has 196 valence electrons.